The Hall–Kier alpha value is -2.11. The normalized spacial score (nSPS) is 10.7. The van der Waals surface area contributed by atoms with Gasteiger partial charge in [-0.05, 0) is 19.9 Å². The summed E-state index contributed by atoms with van der Waals surface area (Å²) in [5.74, 6) is 0.914. The first-order valence-electron chi connectivity index (χ1n) is 5.05. The van der Waals surface area contributed by atoms with E-state index in [4.69, 9.17) is 5.73 Å². The lowest BCUT2D eigenvalue weighted by Crippen LogP contribution is -2.00. The molecule has 2 aromatic rings. The summed E-state index contributed by atoms with van der Waals surface area (Å²) < 4.78 is 1.87. The molecule has 2 rings (SSSR count). The molecule has 0 unspecified atom stereocenters. The summed E-state index contributed by atoms with van der Waals surface area (Å²) in [6.45, 7) is 4.14. The van der Waals surface area contributed by atoms with Crippen LogP contribution in [-0.4, -0.2) is 19.7 Å². The quantitative estimate of drug-likeness (QED) is 0.817. The van der Waals surface area contributed by atoms with Gasteiger partial charge in [-0.15, -0.1) is 0 Å². The number of hydrogen-bond donors (Lipinski definition) is 2. The molecule has 0 fully saturated rings. The topological polar surface area (TPSA) is 81.7 Å². The highest BCUT2D eigenvalue weighted by Crippen LogP contribution is 2.15. The fraction of sp³-hybridized carbons (Fsp3) is 0.300. The van der Waals surface area contributed by atoms with Gasteiger partial charge < -0.3 is 11.1 Å². The first-order chi connectivity index (χ1) is 7.65. The molecule has 2 aromatic heterocycles. The predicted molar refractivity (Wildman–Crippen MR) is 62.3 cm³/mol. The van der Waals surface area contributed by atoms with Gasteiger partial charge in [0.05, 0.1) is 11.9 Å². The Bertz CT molecular complexity index is 476. The molecule has 0 radical (unpaired) electrons. The predicted octanol–water partition coefficient (Wildman–Crippen LogP) is 1.58. The van der Waals surface area contributed by atoms with E-state index >= 15 is 0 Å². The van der Waals surface area contributed by atoms with E-state index in [2.05, 4.69) is 34.2 Å². The third-order valence-corrected chi connectivity index (χ3v) is 2.08. The average molecular weight is 218 g/mol. The van der Waals surface area contributed by atoms with Crippen molar-refractivity contribution in [2.45, 2.75) is 19.9 Å². The minimum Gasteiger partial charge on any atom is -0.368 e. The van der Waals surface area contributed by atoms with Gasteiger partial charge in [-0.1, -0.05) is 0 Å². The van der Waals surface area contributed by atoms with E-state index < -0.39 is 0 Å². The summed E-state index contributed by atoms with van der Waals surface area (Å²) in [6.07, 6.45) is 5.28. The maximum atomic E-state index is 5.48. The minimum atomic E-state index is 0.251. The van der Waals surface area contributed by atoms with Crippen LogP contribution in [0.3, 0.4) is 0 Å². The smallest absolute Gasteiger partial charge is 0.221 e. The fourth-order valence-electron chi connectivity index (χ4n) is 1.28. The molecule has 0 atom stereocenters. The van der Waals surface area contributed by atoms with Crippen LogP contribution in [0.2, 0.25) is 0 Å². The van der Waals surface area contributed by atoms with Gasteiger partial charge in [-0.3, -0.25) is 4.68 Å². The van der Waals surface area contributed by atoms with E-state index in [9.17, 15) is 0 Å². The molecule has 0 aromatic carbocycles. The number of aromatic nitrogens is 4. The third-order valence-electron chi connectivity index (χ3n) is 2.08. The van der Waals surface area contributed by atoms with E-state index in [1.807, 2.05) is 10.9 Å². The van der Waals surface area contributed by atoms with Crippen LogP contribution >= 0.6 is 0 Å². The molecule has 0 bridgehead atoms. The largest absolute Gasteiger partial charge is 0.368 e. The van der Waals surface area contributed by atoms with Gasteiger partial charge >= 0.3 is 0 Å². The molecule has 0 aliphatic carbocycles. The van der Waals surface area contributed by atoms with Crippen LogP contribution < -0.4 is 11.1 Å². The molecule has 0 spiro atoms. The summed E-state index contributed by atoms with van der Waals surface area (Å²) >= 11 is 0. The number of anilines is 3. The van der Waals surface area contributed by atoms with Crippen LogP contribution in [0.15, 0.2) is 24.7 Å². The summed E-state index contributed by atoms with van der Waals surface area (Å²) in [7, 11) is 0. The summed E-state index contributed by atoms with van der Waals surface area (Å²) in [6, 6.07) is 2.09. The fourth-order valence-corrected chi connectivity index (χ4v) is 1.28. The third kappa shape index (κ3) is 2.28. The zero-order valence-corrected chi connectivity index (χ0v) is 9.25. The van der Waals surface area contributed by atoms with Crippen molar-refractivity contribution in [2.24, 2.45) is 0 Å². The molecule has 6 nitrogen and oxygen atoms in total. The second-order valence-corrected chi connectivity index (χ2v) is 3.73. The van der Waals surface area contributed by atoms with Gasteiger partial charge in [-0.25, -0.2) is 4.98 Å². The Morgan fingerprint density at radius 1 is 1.44 bits per heavy atom. The highest BCUT2D eigenvalue weighted by molar-refractivity contribution is 5.54. The molecule has 0 aliphatic heterocycles. The molecular weight excluding hydrogens is 204 g/mol. The van der Waals surface area contributed by atoms with Crippen LogP contribution in [0.1, 0.15) is 19.9 Å². The second kappa shape index (κ2) is 4.18. The van der Waals surface area contributed by atoms with Crippen molar-refractivity contribution in [2.75, 3.05) is 11.1 Å². The van der Waals surface area contributed by atoms with Gasteiger partial charge in [-0.2, -0.15) is 10.1 Å². The lowest BCUT2D eigenvalue weighted by molar-refractivity contribution is 0.532. The summed E-state index contributed by atoms with van der Waals surface area (Å²) in [5.41, 5.74) is 6.36. The van der Waals surface area contributed by atoms with Crippen LogP contribution in [0.25, 0.3) is 0 Å². The number of nitrogen functional groups attached to an aromatic ring is 1. The van der Waals surface area contributed by atoms with Crippen LogP contribution in [-0.2, 0) is 0 Å². The van der Waals surface area contributed by atoms with Gasteiger partial charge in [0.1, 0.15) is 5.82 Å². The average Bonchev–Trinajstić information content (AvgIpc) is 2.66. The van der Waals surface area contributed by atoms with Crippen LogP contribution in [0.5, 0.6) is 0 Å². The van der Waals surface area contributed by atoms with Gasteiger partial charge in [0.2, 0.25) is 5.95 Å². The molecule has 0 aliphatic rings. The maximum Gasteiger partial charge on any atom is 0.221 e. The van der Waals surface area contributed by atoms with Gasteiger partial charge in [0.25, 0.3) is 0 Å². The molecule has 6 heteroatoms. The summed E-state index contributed by atoms with van der Waals surface area (Å²) in [4.78, 5) is 7.86. The van der Waals surface area contributed by atoms with Crippen molar-refractivity contribution >= 4 is 17.5 Å². The number of hydrogen-bond acceptors (Lipinski definition) is 5. The highest BCUT2D eigenvalue weighted by atomic mass is 15.3. The van der Waals surface area contributed by atoms with Crippen molar-refractivity contribution in [1.29, 1.82) is 0 Å². The van der Waals surface area contributed by atoms with Crippen LogP contribution in [0.4, 0.5) is 17.5 Å². The Balaban J connectivity index is 2.14. The van der Waals surface area contributed by atoms with Crippen LogP contribution in [0, 0.1) is 0 Å². The van der Waals surface area contributed by atoms with Crippen molar-refractivity contribution in [3.05, 3.63) is 24.7 Å². The molecule has 84 valence electrons. The van der Waals surface area contributed by atoms with Crippen molar-refractivity contribution < 1.29 is 0 Å². The van der Waals surface area contributed by atoms with Crippen molar-refractivity contribution in [3.8, 4) is 0 Å². The van der Waals surface area contributed by atoms with E-state index in [1.165, 1.54) is 0 Å². The molecular formula is C10H14N6. The summed E-state index contributed by atoms with van der Waals surface area (Å²) in [5, 5.41) is 7.32. The number of nitrogens with two attached hydrogens (primary N) is 1. The zero-order valence-electron chi connectivity index (χ0n) is 9.25. The van der Waals surface area contributed by atoms with Crippen molar-refractivity contribution in [3.63, 3.8) is 0 Å². The maximum absolute atomic E-state index is 5.48. The SMILES string of the molecule is CC(C)n1cc(Nc2ccnc(N)n2)cn1. The molecule has 2 heterocycles. The van der Waals surface area contributed by atoms with E-state index in [0.29, 0.717) is 11.9 Å². The monoisotopic (exact) mass is 218 g/mol. The Morgan fingerprint density at radius 3 is 2.88 bits per heavy atom. The van der Waals surface area contributed by atoms with Crippen molar-refractivity contribution in [1.82, 2.24) is 19.7 Å². The Labute approximate surface area is 93.5 Å². The lowest BCUT2D eigenvalue weighted by atomic mass is 10.4. The molecule has 0 saturated heterocycles. The van der Waals surface area contributed by atoms with E-state index in [1.54, 1.807) is 18.5 Å². The molecule has 0 amide bonds. The number of nitrogens with one attached hydrogen (secondary N) is 1. The second-order valence-electron chi connectivity index (χ2n) is 3.73. The van der Waals surface area contributed by atoms with Gasteiger partial charge in [0.15, 0.2) is 0 Å². The van der Waals surface area contributed by atoms with E-state index in [-0.39, 0.29) is 5.95 Å². The lowest BCUT2D eigenvalue weighted by Gasteiger charge is -2.04. The standard InChI is InChI=1S/C10H14N6/c1-7(2)16-6-8(5-13-16)14-9-3-4-12-10(11)15-9/h3-7H,1-2H3,(H3,11,12,14,15). The first kappa shape index (κ1) is 10.4. The molecule has 3 N–H and O–H groups in total. The number of nitrogens with zero attached hydrogens (tertiary/aromatic N) is 4. The zero-order chi connectivity index (χ0) is 11.5. The molecule has 0 saturated carbocycles. The Kier molecular flexibility index (Phi) is 2.72. The Morgan fingerprint density at radius 2 is 2.25 bits per heavy atom. The van der Waals surface area contributed by atoms with Gasteiger partial charge in [0, 0.05) is 18.4 Å². The number of rotatable bonds is 3. The van der Waals surface area contributed by atoms with E-state index in [0.717, 1.165) is 5.69 Å². The first-order valence-corrected chi connectivity index (χ1v) is 5.05. The minimum absolute atomic E-state index is 0.251. The molecule has 16 heavy (non-hydrogen) atoms. The highest BCUT2D eigenvalue weighted by Gasteiger charge is 2.02.